The van der Waals surface area contributed by atoms with E-state index in [4.69, 9.17) is 14.2 Å². The summed E-state index contributed by atoms with van der Waals surface area (Å²) in [6, 6.07) is 23.0. The smallest absolute Gasteiger partial charge is 0.337 e. The molecule has 1 aliphatic rings. The Balaban J connectivity index is 1.52. The maximum Gasteiger partial charge on any atom is 0.337 e. The molecule has 182 valence electrons. The van der Waals surface area contributed by atoms with Crippen LogP contribution in [-0.4, -0.2) is 45.9 Å². The van der Waals surface area contributed by atoms with Crippen LogP contribution in [0, 0.1) is 0 Å². The quantitative estimate of drug-likeness (QED) is 0.171. The minimum absolute atomic E-state index is 0.332. The minimum Gasteiger partial charge on any atom is -0.465 e. The highest BCUT2D eigenvalue weighted by atomic mass is 32.2. The van der Waals surface area contributed by atoms with Gasteiger partial charge in [-0.25, -0.2) is 4.79 Å². The van der Waals surface area contributed by atoms with Crippen LogP contribution >= 0.6 is 11.8 Å². The summed E-state index contributed by atoms with van der Waals surface area (Å²) in [4.78, 5) is 26.9. The van der Waals surface area contributed by atoms with E-state index in [1.807, 2.05) is 53.4 Å². The molecule has 3 aromatic carbocycles. The van der Waals surface area contributed by atoms with Gasteiger partial charge in [0.1, 0.15) is 12.3 Å². The highest BCUT2D eigenvalue weighted by molar-refractivity contribution is 7.99. The molecule has 1 unspecified atom stereocenters. The van der Waals surface area contributed by atoms with Crippen LogP contribution in [-0.2, 0) is 31.2 Å². The molecule has 0 saturated heterocycles. The average Bonchev–Trinajstić information content (AvgIpc) is 3.23. The molecule has 0 radical (unpaired) electrons. The second-order valence-corrected chi connectivity index (χ2v) is 9.41. The Kier molecular flexibility index (Phi) is 7.90. The van der Waals surface area contributed by atoms with Crippen molar-refractivity contribution in [1.82, 2.24) is 0 Å². The van der Waals surface area contributed by atoms with Crippen molar-refractivity contribution in [3.8, 4) is 0 Å². The summed E-state index contributed by atoms with van der Waals surface area (Å²) in [5, 5.41) is 0. The lowest BCUT2D eigenvalue weighted by molar-refractivity contribution is -0.203. The van der Waals surface area contributed by atoms with Crippen molar-refractivity contribution in [3.05, 3.63) is 95.1 Å². The highest BCUT2D eigenvalue weighted by Gasteiger charge is 2.46. The molecular weight excluding hydrogens is 462 g/mol. The van der Waals surface area contributed by atoms with Crippen LogP contribution in [0.1, 0.15) is 33.1 Å². The molecule has 6 nitrogen and oxygen atoms in total. The van der Waals surface area contributed by atoms with Gasteiger partial charge in [-0.05, 0) is 47.9 Å². The topological polar surface area (TPSA) is 65.1 Å². The van der Waals surface area contributed by atoms with Gasteiger partial charge in [0.2, 0.25) is 5.79 Å². The van der Waals surface area contributed by atoms with E-state index in [1.165, 1.54) is 7.11 Å². The molecule has 0 fully saturated rings. The molecule has 0 N–H and O–H groups in total. The summed E-state index contributed by atoms with van der Waals surface area (Å²) in [7, 11) is 4.64. The lowest BCUT2D eigenvalue weighted by Crippen LogP contribution is -2.39. The SMILES string of the molecule is COC(=O)c1ccc(CCSc2ccc3c(c2)C(OC)(OC)CN3C(C=O)c2ccccc2)cc1. The van der Waals surface area contributed by atoms with E-state index in [0.29, 0.717) is 12.1 Å². The Morgan fingerprint density at radius 2 is 1.74 bits per heavy atom. The molecule has 1 heterocycles. The summed E-state index contributed by atoms with van der Waals surface area (Å²) in [6.07, 6.45) is 1.82. The van der Waals surface area contributed by atoms with Gasteiger partial charge >= 0.3 is 5.97 Å². The van der Waals surface area contributed by atoms with Crippen molar-refractivity contribution in [2.75, 3.05) is 38.5 Å². The van der Waals surface area contributed by atoms with Crippen LogP contribution in [0.15, 0.2) is 77.7 Å². The monoisotopic (exact) mass is 491 g/mol. The first-order valence-corrected chi connectivity index (χ1v) is 12.4. The van der Waals surface area contributed by atoms with E-state index in [1.54, 1.807) is 38.1 Å². The van der Waals surface area contributed by atoms with Gasteiger partial charge in [0.05, 0.1) is 19.2 Å². The number of fused-ring (bicyclic) bond motifs is 1. The Morgan fingerprint density at radius 3 is 2.37 bits per heavy atom. The van der Waals surface area contributed by atoms with Gasteiger partial charge in [-0.1, -0.05) is 42.5 Å². The van der Waals surface area contributed by atoms with Gasteiger partial charge in [-0.2, -0.15) is 0 Å². The third-order valence-electron chi connectivity index (χ3n) is 6.37. The number of methoxy groups -OCH3 is 3. The first-order valence-electron chi connectivity index (χ1n) is 11.4. The maximum atomic E-state index is 12.2. The van der Waals surface area contributed by atoms with Crippen molar-refractivity contribution in [2.24, 2.45) is 0 Å². The lowest BCUT2D eigenvalue weighted by atomic mass is 10.1. The standard InChI is InChI=1S/C28H29NO5S/c1-32-27(31)22-11-9-20(10-12-22)15-16-35-23-13-14-25-24(17-23)28(33-2,34-3)19-29(25)26(18-30)21-7-5-4-6-8-21/h4-14,17-18,26H,15-16,19H2,1-3H3. The number of hydrogen-bond donors (Lipinski definition) is 0. The van der Waals surface area contributed by atoms with Crippen LogP contribution < -0.4 is 4.90 Å². The molecule has 0 spiro atoms. The molecule has 0 amide bonds. The lowest BCUT2D eigenvalue weighted by Gasteiger charge is -2.30. The Labute approximate surface area is 210 Å². The Bertz CT molecular complexity index is 1160. The second kappa shape index (κ2) is 11.1. The fourth-order valence-electron chi connectivity index (χ4n) is 4.43. The van der Waals surface area contributed by atoms with E-state index in [0.717, 1.165) is 45.7 Å². The van der Waals surface area contributed by atoms with Gasteiger partial charge in [0.15, 0.2) is 0 Å². The molecular formula is C28H29NO5S. The number of carbonyl (C=O) groups excluding carboxylic acids is 2. The largest absolute Gasteiger partial charge is 0.465 e. The summed E-state index contributed by atoms with van der Waals surface area (Å²) >= 11 is 1.74. The Hall–Kier alpha value is -3.13. The zero-order chi connectivity index (χ0) is 24.8. The molecule has 0 aliphatic carbocycles. The molecule has 1 aliphatic heterocycles. The van der Waals surface area contributed by atoms with Crippen molar-refractivity contribution in [1.29, 1.82) is 0 Å². The number of ether oxygens (including phenoxy) is 3. The average molecular weight is 492 g/mol. The van der Waals surface area contributed by atoms with Gasteiger partial charge in [0, 0.05) is 36.1 Å². The zero-order valence-electron chi connectivity index (χ0n) is 20.1. The number of esters is 1. The number of aryl methyl sites for hydroxylation is 1. The molecule has 0 bridgehead atoms. The number of nitrogens with zero attached hydrogens (tertiary/aromatic N) is 1. The molecule has 0 saturated carbocycles. The fraction of sp³-hybridized carbons (Fsp3) is 0.286. The number of aldehydes is 1. The van der Waals surface area contributed by atoms with Crippen LogP contribution in [0.4, 0.5) is 5.69 Å². The number of benzene rings is 3. The van der Waals surface area contributed by atoms with Crippen molar-refractivity contribution in [2.45, 2.75) is 23.1 Å². The third kappa shape index (κ3) is 5.12. The number of anilines is 1. The molecule has 7 heteroatoms. The summed E-state index contributed by atoms with van der Waals surface area (Å²) in [5.41, 5.74) is 4.47. The normalized spacial score (nSPS) is 14.9. The number of rotatable bonds is 10. The van der Waals surface area contributed by atoms with Gasteiger partial charge in [-0.3, -0.25) is 0 Å². The number of thioether (sulfide) groups is 1. The number of carbonyl (C=O) groups is 2. The van der Waals surface area contributed by atoms with Crippen LogP contribution in [0.25, 0.3) is 0 Å². The first-order chi connectivity index (χ1) is 17.0. The van der Waals surface area contributed by atoms with E-state index in [2.05, 4.69) is 12.1 Å². The van der Waals surface area contributed by atoms with Crippen molar-refractivity contribution >= 4 is 29.7 Å². The fourth-order valence-corrected chi connectivity index (χ4v) is 5.37. The molecule has 35 heavy (non-hydrogen) atoms. The number of hydrogen-bond acceptors (Lipinski definition) is 7. The Morgan fingerprint density at radius 1 is 1.03 bits per heavy atom. The van der Waals surface area contributed by atoms with Gasteiger partial charge in [0.25, 0.3) is 0 Å². The van der Waals surface area contributed by atoms with Gasteiger partial charge in [-0.15, -0.1) is 11.8 Å². The zero-order valence-corrected chi connectivity index (χ0v) is 20.9. The van der Waals surface area contributed by atoms with Crippen molar-refractivity contribution in [3.63, 3.8) is 0 Å². The predicted molar refractivity (Wildman–Crippen MR) is 137 cm³/mol. The molecule has 1 atom stereocenters. The highest BCUT2D eigenvalue weighted by Crippen LogP contribution is 2.46. The maximum absolute atomic E-state index is 12.2. The summed E-state index contributed by atoms with van der Waals surface area (Å²) in [6.45, 7) is 0.411. The van der Waals surface area contributed by atoms with E-state index >= 15 is 0 Å². The van der Waals surface area contributed by atoms with Crippen LogP contribution in [0.5, 0.6) is 0 Å². The molecule has 0 aromatic heterocycles. The summed E-state index contributed by atoms with van der Waals surface area (Å²) in [5.74, 6) is -0.415. The minimum atomic E-state index is -0.953. The third-order valence-corrected chi connectivity index (χ3v) is 7.36. The van der Waals surface area contributed by atoms with E-state index < -0.39 is 11.8 Å². The summed E-state index contributed by atoms with van der Waals surface area (Å²) < 4.78 is 16.5. The first kappa shape index (κ1) is 25.0. The van der Waals surface area contributed by atoms with Crippen LogP contribution in [0.3, 0.4) is 0 Å². The van der Waals surface area contributed by atoms with E-state index in [9.17, 15) is 9.59 Å². The predicted octanol–water partition coefficient (Wildman–Crippen LogP) is 5.01. The van der Waals surface area contributed by atoms with Crippen LogP contribution in [0.2, 0.25) is 0 Å². The molecule has 4 rings (SSSR count). The van der Waals surface area contributed by atoms with Gasteiger partial charge < -0.3 is 23.9 Å². The van der Waals surface area contributed by atoms with E-state index in [-0.39, 0.29) is 5.97 Å². The second-order valence-electron chi connectivity index (χ2n) is 8.25. The molecule has 3 aromatic rings. The van der Waals surface area contributed by atoms with Crippen molar-refractivity contribution < 1.29 is 23.8 Å².